The van der Waals surface area contributed by atoms with Crippen molar-refractivity contribution in [2.45, 2.75) is 57.7 Å². The summed E-state index contributed by atoms with van der Waals surface area (Å²) >= 11 is 0. The molecule has 0 saturated heterocycles. The topological polar surface area (TPSA) is 47.1 Å². The van der Waals surface area contributed by atoms with Gasteiger partial charge in [0.25, 0.3) is 0 Å². The monoisotopic (exact) mass is 262 g/mol. The lowest BCUT2D eigenvalue weighted by Crippen LogP contribution is -2.48. The van der Waals surface area contributed by atoms with E-state index in [1.807, 2.05) is 6.20 Å². The Balaban J connectivity index is 1.68. The number of aromatic nitrogens is 2. The molecule has 19 heavy (non-hydrogen) atoms. The summed E-state index contributed by atoms with van der Waals surface area (Å²) in [5.74, 6) is 2.01. The number of nitrogens with two attached hydrogens (primary N) is 1. The van der Waals surface area contributed by atoms with Crippen LogP contribution < -0.4 is 5.73 Å². The first-order chi connectivity index (χ1) is 9.38. The molecule has 106 valence electrons. The van der Waals surface area contributed by atoms with Crippen LogP contribution >= 0.6 is 0 Å². The minimum absolute atomic E-state index is 0.559. The summed E-state index contributed by atoms with van der Waals surface area (Å²) in [5, 5.41) is 0. The second kappa shape index (κ2) is 6.06. The fourth-order valence-electron chi connectivity index (χ4n) is 3.81. The summed E-state index contributed by atoms with van der Waals surface area (Å²) in [6, 6.07) is 0.559. The predicted molar refractivity (Wildman–Crippen MR) is 76.7 cm³/mol. The van der Waals surface area contributed by atoms with Gasteiger partial charge in [0.15, 0.2) is 0 Å². The quantitative estimate of drug-likeness (QED) is 0.848. The van der Waals surface area contributed by atoms with Gasteiger partial charge >= 0.3 is 0 Å². The molecule has 1 atom stereocenters. The molecule has 3 rings (SSSR count). The molecule has 1 aliphatic heterocycles. The van der Waals surface area contributed by atoms with Crippen molar-refractivity contribution in [1.82, 2.24) is 14.5 Å². The second-order valence-corrected chi connectivity index (χ2v) is 6.06. The maximum absolute atomic E-state index is 6.11. The summed E-state index contributed by atoms with van der Waals surface area (Å²) in [7, 11) is 0. The van der Waals surface area contributed by atoms with Gasteiger partial charge in [-0.2, -0.15) is 0 Å². The molecule has 0 radical (unpaired) electrons. The molecule has 1 unspecified atom stereocenters. The number of rotatable bonds is 3. The molecule has 0 spiro atoms. The molecule has 1 fully saturated rings. The zero-order valence-electron chi connectivity index (χ0n) is 11.8. The van der Waals surface area contributed by atoms with Crippen molar-refractivity contribution in [3.8, 4) is 0 Å². The molecule has 1 aromatic heterocycles. The van der Waals surface area contributed by atoms with E-state index in [4.69, 9.17) is 5.73 Å². The van der Waals surface area contributed by atoms with Gasteiger partial charge in [-0.25, -0.2) is 4.98 Å². The van der Waals surface area contributed by atoms with E-state index in [0.29, 0.717) is 6.04 Å². The van der Waals surface area contributed by atoms with Gasteiger partial charge in [-0.3, -0.25) is 4.90 Å². The van der Waals surface area contributed by atoms with Gasteiger partial charge < -0.3 is 10.3 Å². The summed E-state index contributed by atoms with van der Waals surface area (Å²) in [6.45, 7) is 3.97. The van der Waals surface area contributed by atoms with Crippen LogP contribution in [0.2, 0.25) is 0 Å². The van der Waals surface area contributed by atoms with E-state index < -0.39 is 0 Å². The van der Waals surface area contributed by atoms with Crippen LogP contribution in [0.25, 0.3) is 0 Å². The Labute approximate surface area is 116 Å². The van der Waals surface area contributed by atoms with Crippen LogP contribution in [0.5, 0.6) is 0 Å². The van der Waals surface area contributed by atoms with Crippen molar-refractivity contribution in [2.24, 2.45) is 11.7 Å². The molecule has 2 N–H and O–H groups in total. The van der Waals surface area contributed by atoms with Crippen LogP contribution in [0.4, 0.5) is 0 Å². The Bertz CT molecular complexity index is 393. The van der Waals surface area contributed by atoms with Gasteiger partial charge in [-0.05, 0) is 18.8 Å². The molecule has 0 amide bonds. The van der Waals surface area contributed by atoms with E-state index >= 15 is 0 Å². The number of fused-ring (bicyclic) bond motifs is 1. The van der Waals surface area contributed by atoms with Crippen molar-refractivity contribution in [3.63, 3.8) is 0 Å². The lowest BCUT2D eigenvalue weighted by molar-refractivity contribution is 0.104. The van der Waals surface area contributed by atoms with Crippen molar-refractivity contribution >= 4 is 0 Å². The highest BCUT2D eigenvalue weighted by Crippen LogP contribution is 2.29. The van der Waals surface area contributed by atoms with Crippen molar-refractivity contribution < 1.29 is 0 Å². The third kappa shape index (κ3) is 2.84. The SMILES string of the molecule is NCC(C1CCCCCC1)N1CCn2ccnc2C1. The van der Waals surface area contributed by atoms with E-state index in [9.17, 15) is 0 Å². The Morgan fingerprint density at radius 3 is 2.74 bits per heavy atom. The zero-order chi connectivity index (χ0) is 13.1. The normalized spacial score (nSPS) is 23.8. The number of imidazole rings is 1. The van der Waals surface area contributed by atoms with Gasteiger partial charge in [0.1, 0.15) is 5.82 Å². The van der Waals surface area contributed by atoms with Gasteiger partial charge in [0.2, 0.25) is 0 Å². The first-order valence-electron chi connectivity index (χ1n) is 7.82. The number of nitrogens with zero attached hydrogens (tertiary/aromatic N) is 3. The average Bonchev–Trinajstić information content (AvgIpc) is 2.74. The van der Waals surface area contributed by atoms with Gasteiger partial charge in [0.05, 0.1) is 6.54 Å². The molecule has 4 heteroatoms. The van der Waals surface area contributed by atoms with E-state index in [0.717, 1.165) is 32.1 Å². The van der Waals surface area contributed by atoms with E-state index in [-0.39, 0.29) is 0 Å². The van der Waals surface area contributed by atoms with Crippen molar-refractivity contribution in [1.29, 1.82) is 0 Å². The summed E-state index contributed by atoms with van der Waals surface area (Å²) < 4.78 is 2.27. The van der Waals surface area contributed by atoms with Gasteiger partial charge in [-0.1, -0.05) is 25.7 Å². The number of hydrogen-bond donors (Lipinski definition) is 1. The molecule has 1 aromatic rings. The zero-order valence-corrected chi connectivity index (χ0v) is 11.8. The predicted octanol–water partition coefficient (Wildman–Crippen LogP) is 2.00. The largest absolute Gasteiger partial charge is 0.333 e. The van der Waals surface area contributed by atoms with Crippen molar-refractivity contribution in [2.75, 3.05) is 13.1 Å². The average molecular weight is 262 g/mol. The molecular formula is C15H26N4. The molecule has 0 bridgehead atoms. The van der Waals surface area contributed by atoms with Crippen LogP contribution in [0.15, 0.2) is 12.4 Å². The number of hydrogen-bond acceptors (Lipinski definition) is 3. The van der Waals surface area contributed by atoms with Crippen LogP contribution in [-0.2, 0) is 13.1 Å². The van der Waals surface area contributed by atoms with Crippen LogP contribution in [0.1, 0.15) is 44.3 Å². The summed E-state index contributed by atoms with van der Waals surface area (Å²) in [5.41, 5.74) is 6.11. The lowest BCUT2D eigenvalue weighted by atomic mass is 9.90. The minimum Gasteiger partial charge on any atom is -0.333 e. The van der Waals surface area contributed by atoms with Crippen molar-refractivity contribution in [3.05, 3.63) is 18.2 Å². The van der Waals surface area contributed by atoms with Gasteiger partial charge in [0, 0.05) is 38.1 Å². The molecule has 2 heterocycles. The standard InChI is InChI=1S/C15H26N4/c16-11-14(13-5-3-1-2-4-6-13)19-10-9-18-8-7-17-15(18)12-19/h7-8,13-14H,1-6,9-12,16H2. The van der Waals surface area contributed by atoms with Crippen LogP contribution in [-0.4, -0.2) is 33.6 Å². The maximum atomic E-state index is 6.11. The minimum atomic E-state index is 0.559. The van der Waals surface area contributed by atoms with Crippen LogP contribution in [0, 0.1) is 5.92 Å². The highest BCUT2D eigenvalue weighted by atomic mass is 15.3. The Morgan fingerprint density at radius 2 is 2.00 bits per heavy atom. The first-order valence-corrected chi connectivity index (χ1v) is 7.82. The van der Waals surface area contributed by atoms with E-state index in [1.54, 1.807) is 0 Å². The molecule has 2 aliphatic rings. The van der Waals surface area contributed by atoms with Gasteiger partial charge in [-0.15, -0.1) is 0 Å². The highest BCUT2D eigenvalue weighted by Gasteiger charge is 2.29. The third-order valence-corrected chi connectivity index (χ3v) is 4.93. The Morgan fingerprint density at radius 1 is 1.21 bits per heavy atom. The van der Waals surface area contributed by atoms with E-state index in [1.165, 1.54) is 44.3 Å². The molecule has 4 nitrogen and oxygen atoms in total. The lowest BCUT2D eigenvalue weighted by Gasteiger charge is -2.38. The van der Waals surface area contributed by atoms with E-state index in [2.05, 4.69) is 20.6 Å². The molecule has 0 aromatic carbocycles. The summed E-state index contributed by atoms with van der Waals surface area (Å²) in [6.07, 6.45) is 12.4. The Hall–Kier alpha value is -0.870. The maximum Gasteiger partial charge on any atom is 0.122 e. The second-order valence-electron chi connectivity index (χ2n) is 6.06. The highest BCUT2D eigenvalue weighted by molar-refractivity contribution is 4.97. The fraction of sp³-hybridized carbons (Fsp3) is 0.800. The molecular weight excluding hydrogens is 236 g/mol. The smallest absolute Gasteiger partial charge is 0.122 e. The summed E-state index contributed by atoms with van der Waals surface area (Å²) in [4.78, 5) is 7.05. The fourth-order valence-corrected chi connectivity index (χ4v) is 3.81. The molecule has 1 saturated carbocycles. The molecule has 1 aliphatic carbocycles. The van der Waals surface area contributed by atoms with Crippen LogP contribution in [0.3, 0.4) is 0 Å². The third-order valence-electron chi connectivity index (χ3n) is 4.93. The Kier molecular flexibility index (Phi) is 4.18. The first kappa shape index (κ1) is 13.1.